The van der Waals surface area contributed by atoms with Crippen molar-refractivity contribution in [2.45, 2.75) is 6.92 Å². The van der Waals surface area contributed by atoms with Crippen molar-refractivity contribution in [3.63, 3.8) is 0 Å². The molecule has 0 saturated carbocycles. The van der Waals surface area contributed by atoms with Crippen molar-refractivity contribution in [2.75, 3.05) is 5.73 Å². The molecule has 0 fully saturated rings. The molecule has 0 spiro atoms. The van der Waals surface area contributed by atoms with E-state index in [1.807, 2.05) is 37.3 Å². The van der Waals surface area contributed by atoms with Crippen molar-refractivity contribution in [2.24, 2.45) is 0 Å². The Bertz CT molecular complexity index is 686. The maximum Gasteiger partial charge on any atom is 0.179 e. The highest BCUT2D eigenvalue weighted by atomic mass is 15.4. The van der Waals surface area contributed by atoms with Gasteiger partial charge in [0.2, 0.25) is 0 Å². The van der Waals surface area contributed by atoms with Gasteiger partial charge in [-0.2, -0.15) is 4.68 Å². The number of aromatic nitrogens is 4. The number of nitrogens with two attached hydrogens (primary N) is 1. The summed E-state index contributed by atoms with van der Waals surface area (Å²) < 4.78 is 1.66. The summed E-state index contributed by atoms with van der Waals surface area (Å²) in [6.07, 6.45) is 1.77. The van der Waals surface area contributed by atoms with Gasteiger partial charge in [-0.3, -0.25) is 0 Å². The molecule has 0 unspecified atom stereocenters. The minimum atomic E-state index is 0.598. The van der Waals surface area contributed by atoms with E-state index in [-0.39, 0.29) is 0 Å². The van der Waals surface area contributed by atoms with E-state index in [0.717, 1.165) is 16.6 Å². The van der Waals surface area contributed by atoms with Gasteiger partial charge in [0.05, 0.1) is 11.2 Å². The van der Waals surface area contributed by atoms with Crippen molar-refractivity contribution in [1.82, 2.24) is 20.0 Å². The van der Waals surface area contributed by atoms with Crippen LogP contribution in [-0.4, -0.2) is 20.0 Å². The molecule has 84 valence electrons. The lowest BCUT2D eigenvalue weighted by Gasteiger charge is -2.05. The topological polar surface area (TPSA) is 69.6 Å². The molecule has 1 aromatic carbocycles. The summed E-state index contributed by atoms with van der Waals surface area (Å²) >= 11 is 0. The molecule has 0 aliphatic rings. The van der Waals surface area contributed by atoms with Crippen LogP contribution in [0, 0.1) is 6.92 Å². The lowest BCUT2D eigenvalue weighted by atomic mass is 10.2. The Hall–Kier alpha value is -2.43. The lowest BCUT2D eigenvalue weighted by molar-refractivity contribution is 0.803. The summed E-state index contributed by atoms with van der Waals surface area (Å²) in [5.74, 6) is 0.615. The van der Waals surface area contributed by atoms with E-state index >= 15 is 0 Å². The van der Waals surface area contributed by atoms with E-state index < -0.39 is 0 Å². The minimum absolute atomic E-state index is 0.598. The normalized spacial score (nSPS) is 10.9. The standard InChI is InChI=1S/C12H11N5/c1-8-6-9(13)12(14-7-8)17-11-5-3-2-4-10(11)15-16-17/h2-7H,13H2,1H3. The molecule has 2 aromatic heterocycles. The smallest absolute Gasteiger partial charge is 0.179 e. The minimum Gasteiger partial charge on any atom is -0.396 e. The summed E-state index contributed by atoms with van der Waals surface area (Å²) in [5.41, 5.74) is 9.30. The first-order valence-corrected chi connectivity index (χ1v) is 5.28. The number of hydrogen-bond acceptors (Lipinski definition) is 4. The zero-order chi connectivity index (χ0) is 11.8. The number of nitrogens with zero attached hydrogens (tertiary/aromatic N) is 4. The maximum atomic E-state index is 5.95. The van der Waals surface area contributed by atoms with Crippen LogP contribution in [0.2, 0.25) is 0 Å². The zero-order valence-corrected chi connectivity index (χ0v) is 9.33. The second kappa shape index (κ2) is 3.55. The highest BCUT2D eigenvalue weighted by molar-refractivity contribution is 5.76. The monoisotopic (exact) mass is 225 g/mol. The second-order valence-corrected chi connectivity index (χ2v) is 3.92. The van der Waals surface area contributed by atoms with Crippen molar-refractivity contribution in [3.05, 3.63) is 42.1 Å². The van der Waals surface area contributed by atoms with Crippen LogP contribution in [0.4, 0.5) is 5.69 Å². The molecule has 0 saturated heterocycles. The fourth-order valence-electron chi connectivity index (χ4n) is 1.79. The van der Waals surface area contributed by atoms with E-state index in [4.69, 9.17) is 5.73 Å². The third-order valence-corrected chi connectivity index (χ3v) is 2.58. The van der Waals surface area contributed by atoms with Gasteiger partial charge in [-0.05, 0) is 30.7 Å². The predicted octanol–water partition coefficient (Wildman–Crippen LogP) is 1.71. The van der Waals surface area contributed by atoms with Gasteiger partial charge in [-0.1, -0.05) is 17.3 Å². The van der Waals surface area contributed by atoms with Gasteiger partial charge in [0, 0.05) is 6.20 Å². The van der Waals surface area contributed by atoms with Crippen LogP contribution in [0.25, 0.3) is 16.9 Å². The number of fused-ring (bicyclic) bond motifs is 1. The molecule has 3 aromatic rings. The Balaban J connectivity index is 2.27. The van der Waals surface area contributed by atoms with Crippen LogP contribution in [0.3, 0.4) is 0 Å². The molecule has 17 heavy (non-hydrogen) atoms. The molecule has 2 heterocycles. The van der Waals surface area contributed by atoms with Crippen LogP contribution in [0.15, 0.2) is 36.5 Å². The molecular formula is C12H11N5. The molecule has 0 atom stereocenters. The fourth-order valence-corrected chi connectivity index (χ4v) is 1.79. The predicted molar refractivity (Wildman–Crippen MR) is 65.8 cm³/mol. The van der Waals surface area contributed by atoms with E-state index in [1.54, 1.807) is 10.9 Å². The molecule has 5 heteroatoms. The first-order chi connectivity index (χ1) is 8.25. The Morgan fingerprint density at radius 1 is 1.24 bits per heavy atom. The number of aryl methyl sites for hydroxylation is 1. The average Bonchev–Trinajstić information content (AvgIpc) is 2.73. The number of pyridine rings is 1. The summed E-state index contributed by atoms with van der Waals surface area (Å²) in [7, 11) is 0. The van der Waals surface area contributed by atoms with E-state index in [0.29, 0.717) is 11.5 Å². The van der Waals surface area contributed by atoms with E-state index in [2.05, 4.69) is 15.3 Å². The largest absolute Gasteiger partial charge is 0.396 e. The van der Waals surface area contributed by atoms with Gasteiger partial charge in [0.15, 0.2) is 5.82 Å². The Labute approximate surface area is 97.9 Å². The average molecular weight is 225 g/mol. The molecular weight excluding hydrogens is 214 g/mol. The highest BCUT2D eigenvalue weighted by Crippen LogP contribution is 2.19. The molecule has 3 rings (SSSR count). The number of anilines is 1. The molecule has 0 radical (unpaired) electrons. The third kappa shape index (κ3) is 1.52. The number of hydrogen-bond donors (Lipinski definition) is 1. The molecule has 5 nitrogen and oxygen atoms in total. The van der Waals surface area contributed by atoms with Gasteiger partial charge in [0.25, 0.3) is 0 Å². The highest BCUT2D eigenvalue weighted by Gasteiger charge is 2.09. The number of rotatable bonds is 1. The van der Waals surface area contributed by atoms with Crippen LogP contribution in [0.1, 0.15) is 5.56 Å². The molecule has 0 aliphatic heterocycles. The molecule has 0 aliphatic carbocycles. The van der Waals surface area contributed by atoms with Crippen LogP contribution in [0.5, 0.6) is 0 Å². The van der Waals surface area contributed by atoms with Gasteiger partial charge in [-0.15, -0.1) is 5.10 Å². The molecule has 0 amide bonds. The number of para-hydroxylation sites is 1. The quantitative estimate of drug-likeness (QED) is 0.684. The van der Waals surface area contributed by atoms with Crippen LogP contribution < -0.4 is 5.73 Å². The Kier molecular flexibility index (Phi) is 2.04. The number of nitrogen functional groups attached to an aromatic ring is 1. The zero-order valence-electron chi connectivity index (χ0n) is 9.33. The van der Waals surface area contributed by atoms with Crippen LogP contribution >= 0.6 is 0 Å². The van der Waals surface area contributed by atoms with E-state index in [9.17, 15) is 0 Å². The Morgan fingerprint density at radius 3 is 2.88 bits per heavy atom. The maximum absolute atomic E-state index is 5.95. The van der Waals surface area contributed by atoms with Crippen molar-refractivity contribution < 1.29 is 0 Å². The lowest BCUT2D eigenvalue weighted by Crippen LogP contribution is -2.04. The van der Waals surface area contributed by atoms with Gasteiger partial charge in [-0.25, -0.2) is 4.98 Å². The van der Waals surface area contributed by atoms with Crippen molar-refractivity contribution in [3.8, 4) is 5.82 Å². The molecule has 2 N–H and O–H groups in total. The van der Waals surface area contributed by atoms with E-state index in [1.165, 1.54) is 0 Å². The summed E-state index contributed by atoms with van der Waals surface area (Å²) in [5, 5.41) is 8.16. The van der Waals surface area contributed by atoms with Crippen LogP contribution in [-0.2, 0) is 0 Å². The summed E-state index contributed by atoms with van der Waals surface area (Å²) in [4.78, 5) is 4.31. The third-order valence-electron chi connectivity index (χ3n) is 2.58. The Morgan fingerprint density at radius 2 is 2.06 bits per heavy atom. The second-order valence-electron chi connectivity index (χ2n) is 3.92. The van der Waals surface area contributed by atoms with Crippen molar-refractivity contribution in [1.29, 1.82) is 0 Å². The van der Waals surface area contributed by atoms with Gasteiger partial charge in [0.1, 0.15) is 5.52 Å². The molecule has 0 bridgehead atoms. The SMILES string of the molecule is Cc1cnc(-n2nnc3ccccc32)c(N)c1. The first-order valence-electron chi connectivity index (χ1n) is 5.28. The number of benzene rings is 1. The summed E-state index contributed by atoms with van der Waals surface area (Å²) in [6.45, 7) is 1.95. The van der Waals surface area contributed by atoms with Gasteiger partial charge >= 0.3 is 0 Å². The first kappa shape index (κ1) is 9.77. The van der Waals surface area contributed by atoms with Crippen molar-refractivity contribution >= 4 is 16.7 Å². The fraction of sp³-hybridized carbons (Fsp3) is 0.0833. The summed E-state index contributed by atoms with van der Waals surface area (Å²) in [6, 6.07) is 9.58. The van der Waals surface area contributed by atoms with Gasteiger partial charge < -0.3 is 5.73 Å².